The molecule has 0 spiro atoms. The molecule has 3 aromatic carbocycles. The van der Waals surface area contributed by atoms with Gasteiger partial charge in [0.25, 0.3) is 0 Å². The lowest BCUT2D eigenvalue weighted by atomic mass is 10.2. The fourth-order valence-electron chi connectivity index (χ4n) is 8.52. The van der Waals surface area contributed by atoms with E-state index in [1.807, 2.05) is 0 Å². The van der Waals surface area contributed by atoms with E-state index >= 15 is 0 Å². The van der Waals surface area contributed by atoms with Gasteiger partial charge in [0.1, 0.15) is 0 Å². The van der Waals surface area contributed by atoms with Crippen molar-refractivity contribution in [2.45, 2.75) is 110 Å². The molecule has 2 nitrogen and oxygen atoms in total. The van der Waals surface area contributed by atoms with Crippen molar-refractivity contribution in [3.8, 4) is 0 Å². The van der Waals surface area contributed by atoms with Crippen molar-refractivity contribution in [2.24, 2.45) is 0 Å². The normalized spacial score (nSPS) is 27.3. The Morgan fingerprint density at radius 1 is 0.442 bits per heavy atom. The SMILES string of the molecule is CC1(C)C[Si](C)(C)[Si](C)(C)[Si](C)(c2ccccc2)O1.CC1(C)C[Si](C)(C)[Si](C)(C)[Si](c2ccccc2)(c2ccccc2)O1. The van der Waals surface area contributed by atoms with Crippen LogP contribution < -0.4 is 15.6 Å². The minimum atomic E-state index is -2.23. The lowest BCUT2D eigenvalue weighted by molar-refractivity contribution is 0.124. The van der Waals surface area contributed by atoms with E-state index < -0.39 is 45.1 Å². The van der Waals surface area contributed by atoms with E-state index in [0.29, 0.717) is 0 Å². The van der Waals surface area contributed by atoms with Crippen LogP contribution in [0.4, 0.5) is 0 Å². The van der Waals surface area contributed by atoms with Crippen LogP contribution in [0, 0.1) is 0 Å². The lowest BCUT2D eigenvalue weighted by Gasteiger charge is -2.60. The van der Waals surface area contributed by atoms with E-state index in [1.165, 1.54) is 27.6 Å². The van der Waals surface area contributed by atoms with Crippen LogP contribution in [0.1, 0.15) is 27.7 Å². The van der Waals surface area contributed by atoms with Gasteiger partial charge in [0, 0.05) is 26.4 Å². The summed E-state index contributed by atoms with van der Waals surface area (Å²) in [7, 11) is -9.58. The summed E-state index contributed by atoms with van der Waals surface area (Å²) in [4.78, 5) is 0. The summed E-state index contributed by atoms with van der Waals surface area (Å²) in [5, 5.41) is 4.46. The zero-order valence-corrected chi connectivity index (χ0v) is 35.4. The zero-order chi connectivity index (χ0) is 32.2. The van der Waals surface area contributed by atoms with Gasteiger partial charge in [-0.3, -0.25) is 0 Å². The third-order valence-corrected chi connectivity index (χ3v) is 88.4. The molecule has 1 atom stereocenters. The second-order valence-corrected chi connectivity index (χ2v) is 68.3. The highest BCUT2D eigenvalue weighted by Gasteiger charge is 2.67. The molecule has 2 saturated heterocycles. The minimum Gasteiger partial charge on any atom is -0.411 e. The van der Waals surface area contributed by atoms with E-state index in [9.17, 15) is 0 Å². The van der Waals surface area contributed by atoms with Crippen molar-refractivity contribution in [3.05, 3.63) is 91.0 Å². The smallest absolute Gasteiger partial charge is 0.238 e. The molecule has 3 aromatic rings. The summed E-state index contributed by atoms with van der Waals surface area (Å²) < 4.78 is 14.1. The van der Waals surface area contributed by atoms with Crippen molar-refractivity contribution in [2.75, 3.05) is 0 Å². The Hall–Kier alpha value is -1.12. The first-order valence-electron chi connectivity index (χ1n) is 16.2. The molecule has 8 heteroatoms. The number of hydrogen-bond acceptors (Lipinski definition) is 2. The fourth-order valence-corrected chi connectivity index (χ4v) is 73.7. The molecule has 0 bridgehead atoms. The van der Waals surface area contributed by atoms with Crippen LogP contribution in [0.3, 0.4) is 0 Å². The van der Waals surface area contributed by atoms with Gasteiger partial charge in [0.2, 0.25) is 15.7 Å². The van der Waals surface area contributed by atoms with Crippen molar-refractivity contribution in [1.29, 1.82) is 0 Å². The first-order valence-corrected chi connectivity index (χ1v) is 36.9. The topological polar surface area (TPSA) is 18.5 Å². The van der Waals surface area contributed by atoms with Gasteiger partial charge in [-0.25, -0.2) is 0 Å². The van der Waals surface area contributed by atoms with Crippen LogP contribution in [0.2, 0.25) is 71.0 Å². The van der Waals surface area contributed by atoms with Gasteiger partial charge >= 0.3 is 0 Å². The van der Waals surface area contributed by atoms with E-state index in [-0.39, 0.29) is 11.2 Å². The van der Waals surface area contributed by atoms with Gasteiger partial charge in [-0.2, -0.15) is 0 Å². The number of hydrogen-bond donors (Lipinski definition) is 0. The predicted octanol–water partition coefficient (Wildman–Crippen LogP) is 7.98. The summed E-state index contributed by atoms with van der Waals surface area (Å²) in [6.07, 6.45) is 0. The molecular weight excluding hydrogens is 621 g/mol. The van der Waals surface area contributed by atoms with Gasteiger partial charge in [0.05, 0.1) is 14.2 Å². The summed E-state index contributed by atoms with van der Waals surface area (Å²) in [5.74, 6) is 0. The van der Waals surface area contributed by atoms with E-state index in [0.717, 1.165) is 0 Å². The molecule has 0 radical (unpaired) electrons. The molecule has 0 saturated carbocycles. The van der Waals surface area contributed by atoms with Crippen LogP contribution in [0.25, 0.3) is 0 Å². The highest BCUT2D eigenvalue weighted by Crippen LogP contribution is 2.44. The first-order chi connectivity index (χ1) is 19.6. The average Bonchev–Trinajstić information content (AvgIpc) is 2.90. The average molecular weight is 679 g/mol. The number of benzene rings is 3. The van der Waals surface area contributed by atoms with Crippen LogP contribution in [0.5, 0.6) is 0 Å². The van der Waals surface area contributed by atoms with Gasteiger partial charge in [-0.15, -0.1) is 0 Å². The van der Waals surface area contributed by atoms with Crippen molar-refractivity contribution in [1.82, 2.24) is 0 Å². The van der Waals surface area contributed by atoms with Gasteiger partial charge < -0.3 is 8.85 Å². The van der Waals surface area contributed by atoms with Gasteiger partial charge in [-0.05, 0) is 61.9 Å². The third kappa shape index (κ3) is 6.07. The summed E-state index contributed by atoms with van der Waals surface area (Å²) in [5.41, 5.74) is 0.0329. The van der Waals surface area contributed by atoms with Crippen LogP contribution in [-0.2, 0) is 8.85 Å². The molecule has 2 aliphatic heterocycles. The summed E-state index contributed by atoms with van der Waals surface area (Å²) >= 11 is 0. The number of rotatable bonds is 3. The fraction of sp³-hybridized carbons (Fsp3) is 0.486. The highest BCUT2D eigenvalue weighted by atomic mass is 29.7. The molecule has 2 aliphatic rings. The second-order valence-electron chi connectivity index (χ2n) is 16.9. The third-order valence-electron chi connectivity index (χ3n) is 11.8. The highest BCUT2D eigenvalue weighted by molar-refractivity contribution is 7.73. The molecule has 0 aromatic heterocycles. The molecular formula is C35H58O2Si6. The molecule has 2 fully saturated rings. The van der Waals surface area contributed by atoms with Crippen LogP contribution in [-0.4, -0.2) is 56.3 Å². The molecule has 2 heterocycles. The molecule has 43 heavy (non-hydrogen) atoms. The Labute approximate surface area is 269 Å². The van der Waals surface area contributed by atoms with Crippen LogP contribution >= 0.6 is 0 Å². The molecule has 1 unspecified atom stereocenters. The van der Waals surface area contributed by atoms with Gasteiger partial charge in [0.15, 0.2) is 0 Å². The Kier molecular flexibility index (Phi) is 9.37. The van der Waals surface area contributed by atoms with Crippen LogP contribution in [0.15, 0.2) is 91.0 Å². The van der Waals surface area contributed by atoms with Gasteiger partial charge in [-0.1, -0.05) is 143 Å². The molecule has 0 N–H and O–H groups in total. The van der Waals surface area contributed by atoms with Crippen molar-refractivity contribution < 1.29 is 8.85 Å². The maximum Gasteiger partial charge on any atom is 0.238 e. The standard InChI is InChI=1S/C20H30OSi3.C15H28OSi3/c1-20(2)17-22(3,4)23(5,6)24(21-20,18-13-9-7-10-14-18)19-15-11-8-12-16-19;1-15(2)13-17(3,4)18(5,6)19(7,16-15)14-11-9-8-10-12-14/h7-16H,17H2,1-6H3;8-12H,13H2,1-7H3. The van der Waals surface area contributed by atoms with E-state index in [4.69, 9.17) is 8.85 Å². The molecule has 0 amide bonds. The summed E-state index contributed by atoms with van der Waals surface area (Å²) in [6, 6.07) is 36.0. The quantitative estimate of drug-likeness (QED) is 0.262. The lowest BCUT2D eigenvalue weighted by Crippen LogP contribution is -2.88. The summed E-state index contributed by atoms with van der Waals surface area (Å²) in [6.45, 7) is 32.7. The molecule has 0 aliphatic carbocycles. The monoisotopic (exact) mass is 678 g/mol. The Balaban J connectivity index is 0.000000203. The van der Waals surface area contributed by atoms with Crippen molar-refractivity contribution >= 4 is 60.6 Å². The largest absolute Gasteiger partial charge is 0.411 e. The van der Waals surface area contributed by atoms with Crippen molar-refractivity contribution in [3.63, 3.8) is 0 Å². The molecule has 234 valence electrons. The van der Waals surface area contributed by atoms with E-state index in [1.54, 1.807) is 0 Å². The Morgan fingerprint density at radius 2 is 0.767 bits per heavy atom. The predicted molar refractivity (Wildman–Crippen MR) is 205 cm³/mol. The van der Waals surface area contributed by atoms with E-state index in [2.05, 4.69) is 178 Å². The Morgan fingerprint density at radius 3 is 1.16 bits per heavy atom. The maximum atomic E-state index is 7.22. The first kappa shape index (κ1) is 34.7. The second kappa shape index (κ2) is 11.6. The minimum absolute atomic E-state index is 0.0316. The zero-order valence-electron chi connectivity index (χ0n) is 29.4. The molecule has 5 rings (SSSR count). The Bertz CT molecular complexity index is 1350. The maximum absolute atomic E-state index is 7.22.